The molecule has 1 atom stereocenters. The summed E-state index contributed by atoms with van der Waals surface area (Å²) in [6, 6.07) is 12.4. The highest BCUT2D eigenvalue weighted by Crippen LogP contribution is 2.38. The first kappa shape index (κ1) is 22.1. The van der Waals surface area contributed by atoms with Crippen molar-refractivity contribution in [1.82, 2.24) is 20.2 Å². The number of nitrogens with one attached hydrogen (secondary N) is 1. The smallest absolute Gasteiger partial charge is 0.257 e. The molecule has 0 unspecified atom stereocenters. The van der Waals surface area contributed by atoms with Gasteiger partial charge in [-0.05, 0) is 55.7 Å². The van der Waals surface area contributed by atoms with Crippen LogP contribution >= 0.6 is 11.3 Å². The molecule has 2 amide bonds. The third-order valence-electron chi connectivity index (χ3n) is 6.24. The van der Waals surface area contributed by atoms with Gasteiger partial charge in [-0.2, -0.15) is 0 Å². The van der Waals surface area contributed by atoms with Gasteiger partial charge >= 0.3 is 0 Å². The summed E-state index contributed by atoms with van der Waals surface area (Å²) in [6.45, 7) is 4.63. The standard InChI is InChI=1S/C25H28N4O2S/c1-17-21(15-27-18(2)28-17)23(30)29-12-7-11-25(16-29,24(31)26-3)14-19-8-4-5-9-20(19)22-10-6-13-32-22/h4-6,8-10,13,15H,7,11-12,14,16H2,1-3H3,(H,26,31)/t25-/m0/s1. The number of thiophene rings is 1. The van der Waals surface area contributed by atoms with Crippen molar-refractivity contribution in [3.63, 3.8) is 0 Å². The Morgan fingerprint density at radius 2 is 2.00 bits per heavy atom. The van der Waals surface area contributed by atoms with Gasteiger partial charge in [0.05, 0.1) is 16.7 Å². The highest BCUT2D eigenvalue weighted by molar-refractivity contribution is 7.13. The molecule has 7 heteroatoms. The van der Waals surface area contributed by atoms with E-state index < -0.39 is 5.41 Å². The number of carbonyl (C=O) groups excluding carboxylic acids is 2. The second-order valence-electron chi connectivity index (χ2n) is 8.42. The normalized spacial score (nSPS) is 18.4. The molecule has 6 nitrogen and oxygen atoms in total. The van der Waals surface area contributed by atoms with E-state index in [1.54, 1.807) is 29.5 Å². The second-order valence-corrected chi connectivity index (χ2v) is 9.36. The molecule has 1 N–H and O–H groups in total. The molecule has 3 aromatic rings. The minimum absolute atomic E-state index is 0.0205. The van der Waals surface area contributed by atoms with E-state index in [9.17, 15) is 9.59 Å². The lowest BCUT2D eigenvalue weighted by atomic mass is 9.73. The molecule has 1 aromatic carbocycles. The zero-order valence-electron chi connectivity index (χ0n) is 18.7. The van der Waals surface area contributed by atoms with Crippen LogP contribution in [0.3, 0.4) is 0 Å². The van der Waals surface area contributed by atoms with Crippen LogP contribution in [0.5, 0.6) is 0 Å². The number of benzene rings is 1. The Morgan fingerprint density at radius 1 is 1.19 bits per heavy atom. The van der Waals surface area contributed by atoms with Crippen molar-refractivity contribution in [2.24, 2.45) is 5.41 Å². The predicted octanol–water partition coefficient (Wildman–Crippen LogP) is 4.03. The Morgan fingerprint density at radius 3 is 2.72 bits per heavy atom. The third kappa shape index (κ3) is 4.30. The Bertz CT molecular complexity index is 1130. The first-order valence-electron chi connectivity index (χ1n) is 10.9. The first-order valence-corrected chi connectivity index (χ1v) is 11.7. The van der Waals surface area contributed by atoms with E-state index in [1.165, 1.54) is 4.88 Å². The van der Waals surface area contributed by atoms with Crippen LogP contribution in [0.25, 0.3) is 10.4 Å². The molecule has 1 fully saturated rings. The van der Waals surface area contributed by atoms with Crippen molar-refractivity contribution in [3.05, 3.63) is 70.6 Å². The average molecular weight is 449 g/mol. The molecule has 32 heavy (non-hydrogen) atoms. The fourth-order valence-corrected chi connectivity index (χ4v) is 5.44. The molecule has 4 rings (SSSR count). The number of hydrogen-bond donors (Lipinski definition) is 1. The molecule has 3 heterocycles. The number of nitrogens with zero attached hydrogens (tertiary/aromatic N) is 3. The van der Waals surface area contributed by atoms with Crippen LogP contribution in [-0.4, -0.2) is 46.8 Å². The largest absolute Gasteiger partial charge is 0.359 e. The molecule has 1 saturated heterocycles. The molecule has 0 bridgehead atoms. The minimum atomic E-state index is -0.685. The van der Waals surface area contributed by atoms with Crippen LogP contribution in [-0.2, 0) is 11.2 Å². The summed E-state index contributed by atoms with van der Waals surface area (Å²) in [5.74, 6) is 0.512. The zero-order chi connectivity index (χ0) is 22.7. The summed E-state index contributed by atoms with van der Waals surface area (Å²) >= 11 is 1.69. The summed E-state index contributed by atoms with van der Waals surface area (Å²) < 4.78 is 0. The van der Waals surface area contributed by atoms with E-state index in [2.05, 4.69) is 38.9 Å². The van der Waals surface area contributed by atoms with Gasteiger partial charge in [0, 0.05) is 31.2 Å². The van der Waals surface area contributed by atoms with Gasteiger partial charge < -0.3 is 10.2 Å². The average Bonchev–Trinajstić information content (AvgIpc) is 3.33. The van der Waals surface area contributed by atoms with Gasteiger partial charge in [-0.1, -0.05) is 30.3 Å². The number of hydrogen-bond acceptors (Lipinski definition) is 5. The van der Waals surface area contributed by atoms with Crippen LogP contribution < -0.4 is 5.32 Å². The summed E-state index contributed by atoms with van der Waals surface area (Å²) in [5, 5.41) is 4.93. The van der Waals surface area contributed by atoms with Gasteiger partial charge in [0.15, 0.2) is 0 Å². The van der Waals surface area contributed by atoms with Crippen molar-refractivity contribution in [1.29, 1.82) is 0 Å². The first-order chi connectivity index (χ1) is 15.4. The Labute approximate surface area is 192 Å². The number of piperidine rings is 1. The van der Waals surface area contributed by atoms with Crippen molar-refractivity contribution >= 4 is 23.2 Å². The number of aromatic nitrogens is 2. The fraction of sp³-hybridized carbons (Fsp3) is 0.360. The van der Waals surface area contributed by atoms with E-state index in [4.69, 9.17) is 0 Å². The van der Waals surface area contributed by atoms with E-state index >= 15 is 0 Å². The van der Waals surface area contributed by atoms with Crippen LogP contribution in [0.15, 0.2) is 48.0 Å². The number of rotatable bonds is 5. The zero-order valence-corrected chi connectivity index (χ0v) is 19.5. The van der Waals surface area contributed by atoms with Crippen molar-refractivity contribution in [2.45, 2.75) is 33.1 Å². The van der Waals surface area contributed by atoms with Crippen molar-refractivity contribution in [2.75, 3.05) is 20.1 Å². The Balaban J connectivity index is 1.67. The maximum Gasteiger partial charge on any atom is 0.257 e. The lowest BCUT2D eigenvalue weighted by Gasteiger charge is -2.42. The van der Waals surface area contributed by atoms with Crippen LogP contribution in [0.4, 0.5) is 0 Å². The topological polar surface area (TPSA) is 75.2 Å². The molecule has 2 aromatic heterocycles. The van der Waals surface area contributed by atoms with Gasteiger partial charge in [-0.3, -0.25) is 9.59 Å². The number of amides is 2. The van der Waals surface area contributed by atoms with Crippen LogP contribution in [0.1, 0.15) is 40.3 Å². The maximum absolute atomic E-state index is 13.4. The van der Waals surface area contributed by atoms with Crippen LogP contribution in [0.2, 0.25) is 0 Å². The molecule has 0 aliphatic carbocycles. The monoisotopic (exact) mass is 448 g/mol. The summed E-state index contributed by atoms with van der Waals surface area (Å²) in [4.78, 5) is 38.1. The molecular weight excluding hydrogens is 420 g/mol. The number of likely N-dealkylation sites (tertiary alicyclic amines) is 1. The molecule has 166 valence electrons. The quantitative estimate of drug-likeness (QED) is 0.639. The van der Waals surface area contributed by atoms with E-state index in [-0.39, 0.29) is 11.8 Å². The number of aryl methyl sites for hydroxylation is 2. The Hall–Kier alpha value is -3.06. The van der Waals surface area contributed by atoms with E-state index in [1.807, 2.05) is 32.0 Å². The molecule has 1 aliphatic rings. The molecule has 0 saturated carbocycles. The van der Waals surface area contributed by atoms with Crippen molar-refractivity contribution < 1.29 is 9.59 Å². The Kier molecular flexibility index (Phi) is 6.37. The highest BCUT2D eigenvalue weighted by Gasteiger charge is 2.43. The number of carbonyl (C=O) groups is 2. The summed E-state index contributed by atoms with van der Waals surface area (Å²) in [6.07, 6.45) is 3.68. The molecule has 1 aliphatic heterocycles. The van der Waals surface area contributed by atoms with Crippen LogP contribution in [0, 0.1) is 19.3 Å². The van der Waals surface area contributed by atoms with E-state index in [0.717, 1.165) is 24.0 Å². The fourth-order valence-electron chi connectivity index (χ4n) is 4.65. The van der Waals surface area contributed by atoms with Gasteiger partial charge in [0.2, 0.25) is 5.91 Å². The second kappa shape index (κ2) is 9.20. The molecular formula is C25H28N4O2S. The SMILES string of the molecule is CNC(=O)[C@]1(Cc2ccccc2-c2cccs2)CCCN(C(=O)c2cnc(C)nc2C)C1. The third-order valence-corrected chi connectivity index (χ3v) is 7.14. The maximum atomic E-state index is 13.4. The van der Waals surface area contributed by atoms with Gasteiger partial charge in [0.1, 0.15) is 5.82 Å². The minimum Gasteiger partial charge on any atom is -0.359 e. The van der Waals surface area contributed by atoms with Crippen molar-refractivity contribution in [3.8, 4) is 10.4 Å². The summed E-state index contributed by atoms with van der Waals surface area (Å²) in [7, 11) is 1.67. The lowest BCUT2D eigenvalue weighted by molar-refractivity contribution is -0.133. The predicted molar refractivity (Wildman–Crippen MR) is 127 cm³/mol. The summed E-state index contributed by atoms with van der Waals surface area (Å²) in [5.41, 5.74) is 2.76. The molecule has 0 radical (unpaired) electrons. The lowest BCUT2D eigenvalue weighted by Crippen LogP contribution is -2.54. The van der Waals surface area contributed by atoms with E-state index in [0.29, 0.717) is 36.6 Å². The van der Waals surface area contributed by atoms with Gasteiger partial charge in [-0.25, -0.2) is 9.97 Å². The van der Waals surface area contributed by atoms with Gasteiger partial charge in [-0.15, -0.1) is 11.3 Å². The highest BCUT2D eigenvalue weighted by atomic mass is 32.1. The van der Waals surface area contributed by atoms with Gasteiger partial charge in [0.25, 0.3) is 5.91 Å². The molecule has 0 spiro atoms.